The van der Waals surface area contributed by atoms with E-state index in [1.807, 2.05) is 12.1 Å². The fraction of sp³-hybridized carbons (Fsp3) is 0.629. The van der Waals surface area contributed by atoms with Crippen molar-refractivity contribution in [1.82, 2.24) is 42.5 Å². The van der Waals surface area contributed by atoms with Gasteiger partial charge >= 0.3 is 65.4 Å². The number of carbonyl (C=O) groups excluding carboxylic acids is 14. The summed E-state index contributed by atoms with van der Waals surface area (Å²) >= 11 is 0. The molecule has 0 bridgehead atoms. The van der Waals surface area contributed by atoms with Crippen molar-refractivity contribution in [3.63, 3.8) is 0 Å². The van der Waals surface area contributed by atoms with Gasteiger partial charge in [0, 0.05) is 140 Å². The van der Waals surface area contributed by atoms with E-state index in [9.17, 15) is 116 Å². The molecule has 0 aromatic heterocycles. The van der Waals surface area contributed by atoms with Crippen LogP contribution in [0.15, 0.2) is 48.5 Å². The zero-order valence-electron chi connectivity index (χ0n) is 76.4. The number of ether oxygens (including phenoxy) is 4. The van der Waals surface area contributed by atoms with Crippen molar-refractivity contribution >= 4 is 138 Å². The Labute approximate surface area is 802 Å². The summed E-state index contributed by atoms with van der Waals surface area (Å²) in [7, 11) is 0. The summed E-state index contributed by atoms with van der Waals surface area (Å²) in [4.78, 5) is 242. The van der Waals surface area contributed by atoms with Crippen LogP contribution in [0, 0.1) is 47.3 Å². The second-order valence-corrected chi connectivity index (χ2v) is 32.3. The number of primary amides is 2. The van der Waals surface area contributed by atoms with Crippen LogP contribution in [0.5, 0.6) is 0 Å². The van der Waals surface area contributed by atoms with Crippen LogP contribution < -0.4 is 94.6 Å². The van der Waals surface area contributed by atoms with Gasteiger partial charge in [0.05, 0.1) is 50.3 Å². The predicted molar refractivity (Wildman–Crippen MR) is 477 cm³/mol. The number of carboxylic acids is 6. The van der Waals surface area contributed by atoms with Crippen LogP contribution in [-0.4, -0.2) is 267 Å². The first-order chi connectivity index (χ1) is 62.9. The molecule has 0 saturated heterocycles. The number of unbranched alkanes of at least 4 members (excludes halogenated alkanes) is 3. The van der Waals surface area contributed by atoms with Crippen molar-refractivity contribution in [2.45, 2.75) is 237 Å². The molecule has 2 aromatic rings. The van der Waals surface area contributed by atoms with E-state index >= 15 is 0 Å². The molecule has 10 amide bonds. The summed E-state index contributed by atoms with van der Waals surface area (Å²) in [5, 5.41) is 85.7. The number of anilines is 2. The number of aliphatic carboxylic acids is 6. The van der Waals surface area contributed by atoms with Gasteiger partial charge in [-0.25, -0.2) is 0 Å². The molecular formula is C89H132BN13NaO30. The molecule has 134 heavy (non-hydrogen) atoms. The molecule has 4 rings (SSSR count). The normalized spacial score (nSPS) is 15.5. The van der Waals surface area contributed by atoms with E-state index in [1.54, 1.807) is 36.4 Å². The number of ketones is 4. The van der Waals surface area contributed by atoms with E-state index in [4.69, 9.17) is 58.2 Å². The maximum atomic E-state index is 13.0. The standard InChI is InChI=1S/C46H70N6O15.C42H62N6O15.CN.B.Na/c1-2-3-21-48-34-16-13-32(14-17-34)45(63)49-22-5-4-7-36(44(47)62)52-41(57)29-67-25-24-66-23-6-8-37(53)35(18-20-42(58)59)51-39(55)19-15-33(46(64)65)26-38(54)31-11-9-30(10-12-31)28-50-40(56)27-43(60)61;43-30-13-10-28(11-14-30)41(59)45-18-2-1-4-32(40(44)58)48-37(53)25-63-21-20-62-19-3-5-33(49)31(15-17-38(54)55)47-35(51)16-12-29(42(60)61)22-34(50)27-8-6-26(7-9-27)24-46-36(52)23-39(56)57;1-2;;/h13-14,16-17,30-31,33,35-36,48H,2-12,15,18-29H2,1H3,(H2,47,62)(H,49,63)(H,50,56)(H,51,55)(H,52,57)(H,58,59)(H,60,61)(H,64,65);10-11,13-14,26-27,29,31-32H,1-9,12,15-25,43H2,(H2,44,58)(H,45,59)(H,46,52)(H,47,51)(H,48,53)(H,54,55)(H,56,57)(H,60,61);;;/q;;-1;;+1. The zero-order chi connectivity index (χ0) is 98.3. The van der Waals surface area contributed by atoms with Crippen molar-refractivity contribution in [3.8, 4) is 0 Å². The first kappa shape index (κ1) is 123. The molecule has 2 aromatic carbocycles. The second-order valence-electron chi connectivity index (χ2n) is 32.3. The quantitative estimate of drug-likeness (QED) is 0.0134. The number of hydrogen-bond donors (Lipinski definition) is 18. The number of nitrogens with one attached hydrogen (secondary N) is 9. The first-order valence-corrected chi connectivity index (χ1v) is 44.5. The molecule has 2 aliphatic carbocycles. The van der Waals surface area contributed by atoms with E-state index in [-0.39, 0.29) is 241 Å². The molecular weight excluding hydrogens is 1760 g/mol. The molecule has 45 heteroatoms. The fourth-order valence-corrected chi connectivity index (χ4v) is 14.2. The number of amides is 10. The molecule has 0 heterocycles. The topological polar surface area (TPSA) is 710 Å². The number of rotatable bonds is 70. The van der Waals surface area contributed by atoms with Crippen LogP contribution in [0.25, 0.3) is 0 Å². The van der Waals surface area contributed by atoms with Crippen LogP contribution in [0.3, 0.4) is 0 Å². The molecule has 2 fully saturated rings. The van der Waals surface area contributed by atoms with Gasteiger partial charge in [-0.2, -0.15) is 0 Å². The minimum absolute atomic E-state index is 0. The SMILES string of the molecule is CCCCNc1ccc(C(=O)NCCCCC(NC(=O)COCCOCCCC(=O)C(CCC(=O)O)NC(=O)CCC(CC(=O)C2CCC(CNC(=O)CC(=O)O)CC2)C(=O)O)C(N)=O)cc1.NC(=O)C(CCCCNC(=O)c1ccc(N)cc1)NC(=O)COCCOCCCC(=O)C(CCC(=O)O)NC(=O)CCC(CC(=O)C1CCC(CNC(=O)CC(=O)O)CC1)C(=O)O.[B].[C-]#N.[Na+]. The monoisotopic (exact) mass is 1900 g/mol. The summed E-state index contributed by atoms with van der Waals surface area (Å²) in [6.07, 6.45) is 5.32. The molecule has 3 radical (unpaired) electrons. The second kappa shape index (κ2) is 72.1. The van der Waals surface area contributed by atoms with Crippen LogP contribution in [0.4, 0.5) is 11.4 Å². The summed E-state index contributed by atoms with van der Waals surface area (Å²) < 4.78 is 21.5. The van der Waals surface area contributed by atoms with Gasteiger partial charge in [0.15, 0.2) is 11.6 Å². The Morgan fingerprint density at radius 1 is 0.396 bits per heavy atom. The molecule has 6 atom stereocenters. The van der Waals surface area contributed by atoms with Crippen LogP contribution >= 0.6 is 0 Å². The van der Waals surface area contributed by atoms with Crippen molar-refractivity contribution in [2.75, 3.05) is 96.6 Å². The molecule has 2 saturated carbocycles. The van der Waals surface area contributed by atoms with Gasteiger partial charge in [-0.3, -0.25) is 95.9 Å². The Morgan fingerprint density at radius 2 is 0.754 bits per heavy atom. The van der Waals surface area contributed by atoms with E-state index < -0.39 is 156 Å². The molecule has 21 N–H and O–H groups in total. The van der Waals surface area contributed by atoms with Gasteiger partial charge in [-0.1, -0.05) is 13.3 Å². The van der Waals surface area contributed by atoms with Crippen LogP contribution in [0.2, 0.25) is 0 Å². The van der Waals surface area contributed by atoms with Gasteiger partial charge in [-0.05, 0) is 195 Å². The maximum Gasteiger partial charge on any atom is 1.00 e. The maximum absolute atomic E-state index is 13.0. The largest absolute Gasteiger partial charge is 1.00 e. The van der Waals surface area contributed by atoms with Crippen molar-refractivity contribution in [2.24, 2.45) is 47.0 Å². The average Bonchev–Trinajstić information content (AvgIpc) is 0.883. The van der Waals surface area contributed by atoms with Crippen molar-refractivity contribution < 1.29 is 175 Å². The molecule has 0 aliphatic heterocycles. The average molecular weight is 1900 g/mol. The van der Waals surface area contributed by atoms with Crippen molar-refractivity contribution in [3.05, 3.63) is 66.2 Å². The summed E-state index contributed by atoms with van der Waals surface area (Å²) in [6, 6.07) is 9.50. The minimum Gasteiger partial charge on any atom is -0.512 e. The third-order valence-electron chi connectivity index (χ3n) is 21.8. The number of hydrogen-bond acceptors (Lipinski definition) is 27. The number of nitrogens with zero attached hydrogens (tertiary/aromatic N) is 1. The van der Waals surface area contributed by atoms with Gasteiger partial charge < -0.3 is 126 Å². The Hall–Kier alpha value is -11.4. The Morgan fingerprint density at radius 3 is 1.10 bits per heavy atom. The molecule has 43 nitrogen and oxygen atoms in total. The van der Waals surface area contributed by atoms with Crippen LogP contribution in [-0.2, 0) is 105 Å². The van der Waals surface area contributed by atoms with Gasteiger partial charge in [0.1, 0.15) is 49.7 Å². The minimum atomic E-state index is -1.26. The van der Waals surface area contributed by atoms with Gasteiger partial charge in [0.25, 0.3) is 11.8 Å². The summed E-state index contributed by atoms with van der Waals surface area (Å²) in [6.45, 7) is 8.63. The predicted octanol–water partition coefficient (Wildman–Crippen LogP) is -0.233. The van der Waals surface area contributed by atoms with E-state index in [0.29, 0.717) is 107 Å². The smallest absolute Gasteiger partial charge is 0.512 e. The molecule has 0 spiro atoms. The summed E-state index contributed by atoms with van der Waals surface area (Å²) in [5.41, 5.74) is 19.0. The zero-order valence-corrected chi connectivity index (χ0v) is 78.4. The Balaban J connectivity index is 0.00000256. The number of Topliss-reactive ketones (excluding diaryl/α,β-unsaturated/α-hetero) is 4. The first-order valence-electron chi connectivity index (χ1n) is 44.5. The van der Waals surface area contributed by atoms with E-state index in [0.717, 1.165) is 25.1 Å². The van der Waals surface area contributed by atoms with Crippen LogP contribution in [0.1, 0.15) is 233 Å². The van der Waals surface area contributed by atoms with E-state index in [2.05, 4.69) is 54.8 Å². The fourth-order valence-electron chi connectivity index (χ4n) is 14.2. The number of benzene rings is 2. The van der Waals surface area contributed by atoms with Gasteiger partial charge in [-0.15, -0.1) is 0 Å². The third-order valence-corrected chi connectivity index (χ3v) is 21.8. The number of nitrogens with two attached hydrogens (primary N) is 3. The number of carboxylic acid groups (broad SMARTS) is 6. The van der Waals surface area contributed by atoms with Crippen molar-refractivity contribution in [1.29, 1.82) is 5.26 Å². The Bertz CT molecular complexity index is 4080. The number of nitrogen functional groups attached to an aromatic ring is 1. The molecule has 737 valence electrons. The van der Waals surface area contributed by atoms with E-state index in [1.165, 1.54) is 0 Å². The van der Waals surface area contributed by atoms with Gasteiger partial charge in [0.2, 0.25) is 47.3 Å². The molecule has 6 unspecified atom stereocenters. The number of carbonyl (C=O) groups is 20. The molecule has 2 aliphatic rings. The Kier molecular flexibility index (Phi) is 66.0. The third kappa shape index (κ3) is 57.3. The summed E-state index contributed by atoms with van der Waals surface area (Å²) in [5.74, 6) is -17.2.